The van der Waals surface area contributed by atoms with E-state index in [1.807, 2.05) is 12.3 Å². The summed E-state index contributed by atoms with van der Waals surface area (Å²) in [5.41, 5.74) is 0.575. The number of aliphatic carboxylic acids is 1. The molecule has 0 radical (unpaired) electrons. The van der Waals surface area contributed by atoms with Crippen LogP contribution in [0, 0.1) is 5.92 Å². The van der Waals surface area contributed by atoms with Gasteiger partial charge in [0.1, 0.15) is 6.04 Å². The Morgan fingerprint density at radius 1 is 1.48 bits per heavy atom. The molecular formula is C14H18N2O4S. The summed E-state index contributed by atoms with van der Waals surface area (Å²) < 4.78 is 0. The van der Waals surface area contributed by atoms with Gasteiger partial charge in [0.2, 0.25) is 5.91 Å². The van der Waals surface area contributed by atoms with Crippen molar-refractivity contribution in [1.29, 1.82) is 0 Å². The van der Waals surface area contributed by atoms with Crippen molar-refractivity contribution in [3.63, 3.8) is 0 Å². The number of hydrogen-bond acceptors (Lipinski definition) is 4. The zero-order chi connectivity index (χ0) is 15.4. The van der Waals surface area contributed by atoms with Crippen molar-refractivity contribution in [2.45, 2.75) is 25.8 Å². The third-order valence-corrected chi connectivity index (χ3v) is 4.36. The number of nitrogens with one attached hydrogen (secondary N) is 1. The number of carboxylic acid groups (broad SMARTS) is 1. The predicted octanol–water partition coefficient (Wildman–Crippen LogP) is 1.19. The van der Waals surface area contributed by atoms with Crippen molar-refractivity contribution in [2.24, 2.45) is 5.92 Å². The fraction of sp³-hybridized carbons (Fsp3) is 0.500. The van der Waals surface area contributed by atoms with E-state index in [-0.39, 0.29) is 30.7 Å². The lowest BCUT2D eigenvalue weighted by Gasteiger charge is -2.23. The molecule has 2 atom stereocenters. The van der Waals surface area contributed by atoms with Gasteiger partial charge in [0, 0.05) is 30.5 Å². The summed E-state index contributed by atoms with van der Waals surface area (Å²) in [6, 6.07) is 0.967. The van der Waals surface area contributed by atoms with E-state index in [0.29, 0.717) is 18.5 Å². The normalized spacial score (nSPS) is 21.3. The molecule has 0 spiro atoms. The summed E-state index contributed by atoms with van der Waals surface area (Å²) >= 11 is 1.43. The minimum Gasteiger partial charge on any atom is -0.480 e. The minimum atomic E-state index is -0.962. The third-order valence-electron chi connectivity index (χ3n) is 3.68. The van der Waals surface area contributed by atoms with Gasteiger partial charge in [-0.3, -0.25) is 9.59 Å². The van der Waals surface area contributed by atoms with E-state index in [1.54, 1.807) is 11.4 Å². The van der Waals surface area contributed by atoms with Gasteiger partial charge < -0.3 is 15.3 Å². The molecule has 1 aromatic rings. The molecule has 0 aromatic carbocycles. The summed E-state index contributed by atoms with van der Waals surface area (Å²) in [5, 5.41) is 15.4. The maximum Gasteiger partial charge on any atom is 0.326 e. The van der Waals surface area contributed by atoms with Crippen LogP contribution in [0.15, 0.2) is 16.8 Å². The first kappa shape index (κ1) is 15.5. The van der Waals surface area contributed by atoms with Crippen LogP contribution in [0.2, 0.25) is 0 Å². The van der Waals surface area contributed by atoms with Crippen molar-refractivity contribution in [2.75, 3.05) is 13.1 Å². The van der Waals surface area contributed by atoms with Crippen LogP contribution in [-0.2, 0) is 9.59 Å². The number of carbonyl (C=O) groups excluding carboxylic acids is 2. The highest BCUT2D eigenvalue weighted by Gasteiger charge is 2.39. The van der Waals surface area contributed by atoms with Crippen molar-refractivity contribution < 1.29 is 19.5 Å². The lowest BCUT2D eigenvalue weighted by Crippen LogP contribution is -2.43. The Labute approximate surface area is 126 Å². The molecule has 2 N–H and O–H groups in total. The maximum atomic E-state index is 12.1. The van der Waals surface area contributed by atoms with E-state index in [9.17, 15) is 19.5 Å². The molecule has 1 fully saturated rings. The Hall–Kier alpha value is -1.89. The van der Waals surface area contributed by atoms with Crippen LogP contribution in [0.1, 0.15) is 30.1 Å². The molecule has 2 rings (SSSR count). The molecule has 1 aliphatic rings. The zero-order valence-corrected chi connectivity index (χ0v) is 12.6. The second-order valence-electron chi connectivity index (χ2n) is 5.15. The Morgan fingerprint density at radius 2 is 2.24 bits per heavy atom. The largest absolute Gasteiger partial charge is 0.480 e. The SMILES string of the molecule is CC1CCN(C(=O)CCNC(=O)c2ccsc2)C1C(=O)O. The van der Waals surface area contributed by atoms with Gasteiger partial charge >= 0.3 is 5.97 Å². The highest BCUT2D eigenvalue weighted by Crippen LogP contribution is 2.24. The van der Waals surface area contributed by atoms with Gasteiger partial charge in [-0.1, -0.05) is 6.92 Å². The van der Waals surface area contributed by atoms with Crippen molar-refractivity contribution in [3.8, 4) is 0 Å². The van der Waals surface area contributed by atoms with Gasteiger partial charge in [-0.15, -0.1) is 0 Å². The Balaban J connectivity index is 1.82. The molecule has 7 heteroatoms. The monoisotopic (exact) mass is 310 g/mol. The van der Waals surface area contributed by atoms with Gasteiger partial charge in [-0.2, -0.15) is 11.3 Å². The Kier molecular flexibility index (Phi) is 4.95. The van der Waals surface area contributed by atoms with Crippen molar-refractivity contribution >= 4 is 29.1 Å². The van der Waals surface area contributed by atoms with Crippen LogP contribution in [0.3, 0.4) is 0 Å². The topological polar surface area (TPSA) is 86.7 Å². The molecule has 2 heterocycles. The van der Waals surface area contributed by atoms with E-state index in [0.717, 1.165) is 0 Å². The second kappa shape index (κ2) is 6.71. The van der Waals surface area contributed by atoms with E-state index in [1.165, 1.54) is 16.2 Å². The van der Waals surface area contributed by atoms with E-state index in [2.05, 4.69) is 5.32 Å². The molecule has 2 unspecified atom stereocenters. The average molecular weight is 310 g/mol. The Bertz CT molecular complexity index is 529. The number of carbonyl (C=O) groups is 3. The van der Waals surface area contributed by atoms with Crippen LogP contribution in [0.5, 0.6) is 0 Å². The number of likely N-dealkylation sites (tertiary alicyclic amines) is 1. The van der Waals surface area contributed by atoms with Crippen molar-refractivity contribution in [1.82, 2.24) is 10.2 Å². The van der Waals surface area contributed by atoms with Crippen LogP contribution < -0.4 is 5.32 Å². The first-order valence-electron chi connectivity index (χ1n) is 6.83. The van der Waals surface area contributed by atoms with Crippen LogP contribution in [-0.4, -0.2) is 46.9 Å². The minimum absolute atomic E-state index is 0.0353. The van der Waals surface area contributed by atoms with Crippen LogP contribution >= 0.6 is 11.3 Å². The lowest BCUT2D eigenvalue weighted by molar-refractivity contribution is -0.149. The summed E-state index contributed by atoms with van der Waals surface area (Å²) in [4.78, 5) is 36.4. The standard InChI is InChI=1S/C14H18N2O4S/c1-9-3-6-16(12(9)14(19)20)11(17)2-5-15-13(18)10-4-7-21-8-10/h4,7-9,12H,2-3,5-6H2,1H3,(H,15,18)(H,19,20). The maximum absolute atomic E-state index is 12.1. The Morgan fingerprint density at radius 3 is 2.86 bits per heavy atom. The fourth-order valence-corrected chi connectivity index (χ4v) is 3.16. The summed E-state index contributed by atoms with van der Waals surface area (Å²) in [6.45, 7) is 2.52. The summed E-state index contributed by atoms with van der Waals surface area (Å²) in [7, 11) is 0. The van der Waals surface area contributed by atoms with Crippen LogP contribution in [0.25, 0.3) is 0 Å². The summed E-state index contributed by atoms with van der Waals surface area (Å²) in [6.07, 6.45) is 0.816. The van der Waals surface area contributed by atoms with Gasteiger partial charge in [0.15, 0.2) is 0 Å². The predicted molar refractivity (Wildman–Crippen MR) is 78.2 cm³/mol. The number of thiophene rings is 1. The highest BCUT2D eigenvalue weighted by molar-refractivity contribution is 7.08. The van der Waals surface area contributed by atoms with Gasteiger partial charge in [-0.05, 0) is 23.8 Å². The first-order chi connectivity index (χ1) is 10.0. The van der Waals surface area contributed by atoms with E-state index in [4.69, 9.17) is 0 Å². The first-order valence-corrected chi connectivity index (χ1v) is 7.77. The quantitative estimate of drug-likeness (QED) is 0.855. The van der Waals surface area contributed by atoms with Crippen LogP contribution in [0.4, 0.5) is 0 Å². The van der Waals surface area contributed by atoms with Gasteiger partial charge in [0.25, 0.3) is 5.91 Å². The molecular weight excluding hydrogens is 292 g/mol. The molecule has 21 heavy (non-hydrogen) atoms. The second-order valence-corrected chi connectivity index (χ2v) is 5.93. The average Bonchev–Trinajstić information content (AvgIpc) is 3.07. The zero-order valence-electron chi connectivity index (χ0n) is 11.7. The molecule has 0 aliphatic carbocycles. The molecule has 0 bridgehead atoms. The van der Waals surface area contributed by atoms with E-state index >= 15 is 0 Å². The molecule has 1 saturated heterocycles. The lowest BCUT2D eigenvalue weighted by atomic mass is 10.0. The number of rotatable bonds is 5. The molecule has 0 saturated carbocycles. The van der Waals surface area contributed by atoms with Crippen molar-refractivity contribution in [3.05, 3.63) is 22.4 Å². The number of carboxylic acids is 1. The molecule has 114 valence electrons. The van der Waals surface area contributed by atoms with E-state index < -0.39 is 12.0 Å². The summed E-state index contributed by atoms with van der Waals surface area (Å²) in [5.74, 6) is -1.44. The number of amides is 2. The molecule has 6 nitrogen and oxygen atoms in total. The van der Waals surface area contributed by atoms with Gasteiger partial charge in [0.05, 0.1) is 0 Å². The number of nitrogens with zero attached hydrogens (tertiary/aromatic N) is 1. The van der Waals surface area contributed by atoms with Gasteiger partial charge in [-0.25, -0.2) is 4.79 Å². The molecule has 1 aliphatic heterocycles. The number of hydrogen-bond donors (Lipinski definition) is 2. The fourth-order valence-electron chi connectivity index (χ4n) is 2.53. The third kappa shape index (κ3) is 3.60. The molecule has 1 aromatic heterocycles. The molecule has 2 amide bonds. The highest BCUT2D eigenvalue weighted by atomic mass is 32.1. The smallest absolute Gasteiger partial charge is 0.326 e.